The van der Waals surface area contributed by atoms with E-state index in [0.29, 0.717) is 21.7 Å². The third-order valence-electron chi connectivity index (χ3n) is 3.11. The van der Waals surface area contributed by atoms with Crippen LogP contribution in [0.15, 0.2) is 6.07 Å². The number of halogens is 2. The Balaban J connectivity index is 2.61. The Morgan fingerprint density at radius 1 is 1.21 bits per heavy atom. The van der Waals surface area contributed by atoms with Crippen molar-refractivity contribution in [1.29, 1.82) is 0 Å². The minimum atomic E-state index is 0.484. The Hall–Kier alpha value is -1.26. The van der Waals surface area contributed by atoms with Crippen molar-refractivity contribution in [2.24, 2.45) is 0 Å². The van der Waals surface area contributed by atoms with Crippen LogP contribution in [0.4, 0.5) is 5.82 Å². The van der Waals surface area contributed by atoms with E-state index in [0.717, 1.165) is 23.5 Å². The summed E-state index contributed by atoms with van der Waals surface area (Å²) in [7, 11) is 0. The number of nitrogens with one attached hydrogen (secondary N) is 1. The van der Waals surface area contributed by atoms with Crippen LogP contribution in [-0.4, -0.2) is 21.3 Å². The number of aromatic nitrogens is 3. The van der Waals surface area contributed by atoms with Gasteiger partial charge in [-0.15, -0.1) is 0 Å². The Kier molecular flexibility index (Phi) is 4.02. The lowest BCUT2D eigenvalue weighted by atomic mass is 10.2. The van der Waals surface area contributed by atoms with Gasteiger partial charge >= 0.3 is 0 Å². The predicted octanol–water partition coefficient (Wildman–Crippen LogP) is 3.93. The molecule has 19 heavy (non-hydrogen) atoms. The van der Waals surface area contributed by atoms with Gasteiger partial charge in [0.25, 0.3) is 0 Å². The number of aryl methyl sites for hydroxylation is 1. The van der Waals surface area contributed by atoms with E-state index in [4.69, 9.17) is 23.2 Å². The van der Waals surface area contributed by atoms with Gasteiger partial charge in [-0.1, -0.05) is 23.2 Å². The molecule has 2 aromatic heterocycles. The van der Waals surface area contributed by atoms with E-state index < -0.39 is 0 Å². The maximum atomic E-state index is 6.23. The number of rotatable bonds is 3. The van der Waals surface area contributed by atoms with Crippen LogP contribution < -0.4 is 5.32 Å². The highest BCUT2D eigenvalue weighted by Gasteiger charge is 2.15. The van der Waals surface area contributed by atoms with Crippen LogP contribution in [0.2, 0.25) is 10.0 Å². The highest BCUT2D eigenvalue weighted by Crippen LogP contribution is 2.29. The molecular formula is C13H16Cl2N4. The summed E-state index contributed by atoms with van der Waals surface area (Å²) in [4.78, 5) is 4.47. The van der Waals surface area contributed by atoms with Crippen molar-refractivity contribution in [2.45, 2.75) is 27.7 Å². The summed E-state index contributed by atoms with van der Waals surface area (Å²) in [6.07, 6.45) is 0. The van der Waals surface area contributed by atoms with Gasteiger partial charge in [-0.25, -0.2) is 9.67 Å². The number of nitrogens with zero attached hydrogens (tertiary/aromatic N) is 3. The molecule has 2 rings (SSSR count). The minimum absolute atomic E-state index is 0.484. The molecule has 0 saturated carbocycles. The lowest BCUT2D eigenvalue weighted by Gasteiger charge is -2.11. The van der Waals surface area contributed by atoms with Crippen molar-refractivity contribution < 1.29 is 0 Å². The van der Waals surface area contributed by atoms with E-state index in [-0.39, 0.29) is 0 Å². The van der Waals surface area contributed by atoms with E-state index >= 15 is 0 Å². The van der Waals surface area contributed by atoms with Gasteiger partial charge in [-0.3, -0.25) is 0 Å². The first kappa shape index (κ1) is 14.2. The highest BCUT2D eigenvalue weighted by molar-refractivity contribution is 6.36. The molecule has 0 fully saturated rings. The third-order valence-corrected chi connectivity index (χ3v) is 3.68. The zero-order chi connectivity index (χ0) is 14.2. The molecule has 0 aromatic carbocycles. The molecule has 6 heteroatoms. The van der Waals surface area contributed by atoms with Crippen molar-refractivity contribution in [2.75, 3.05) is 11.9 Å². The maximum absolute atomic E-state index is 6.23. The van der Waals surface area contributed by atoms with Crippen LogP contribution in [0.3, 0.4) is 0 Å². The second-order valence-electron chi connectivity index (χ2n) is 4.36. The SMILES string of the molecule is CCNc1nc(-n2nc(C)c(C)c2C)c(Cl)cc1Cl. The van der Waals surface area contributed by atoms with Crippen LogP contribution in [0.5, 0.6) is 0 Å². The van der Waals surface area contributed by atoms with Crippen molar-refractivity contribution >= 4 is 29.0 Å². The smallest absolute Gasteiger partial charge is 0.174 e. The number of hydrogen-bond donors (Lipinski definition) is 1. The van der Waals surface area contributed by atoms with Crippen molar-refractivity contribution in [3.05, 3.63) is 33.1 Å². The largest absolute Gasteiger partial charge is 0.369 e. The first-order valence-corrected chi connectivity index (χ1v) is 6.84. The molecule has 0 bridgehead atoms. The molecule has 4 nitrogen and oxygen atoms in total. The maximum Gasteiger partial charge on any atom is 0.174 e. The lowest BCUT2D eigenvalue weighted by Crippen LogP contribution is -2.07. The monoisotopic (exact) mass is 298 g/mol. The van der Waals surface area contributed by atoms with Gasteiger partial charge in [-0.2, -0.15) is 5.10 Å². The van der Waals surface area contributed by atoms with E-state index in [1.807, 2.05) is 27.7 Å². The van der Waals surface area contributed by atoms with E-state index in [1.165, 1.54) is 0 Å². The van der Waals surface area contributed by atoms with Crippen molar-refractivity contribution in [3.63, 3.8) is 0 Å². The highest BCUT2D eigenvalue weighted by atomic mass is 35.5. The fourth-order valence-electron chi connectivity index (χ4n) is 1.82. The summed E-state index contributed by atoms with van der Waals surface area (Å²) in [5.41, 5.74) is 3.13. The second kappa shape index (κ2) is 5.39. The Morgan fingerprint density at radius 3 is 2.42 bits per heavy atom. The number of hydrogen-bond acceptors (Lipinski definition) is 3. The Bertz CT molecular complexity index is 620. The standard InChI is InChI=1S/C13H16Cl2N4/c1-5-16-12-10(14)6-11(15)13(17-12)19-9(4)7(2)8(3)18-19/h6H,5H2,1-4H3,(H,16,17). The zero-order valence-corrected chi connectivity index (χ0v) is 12.9. The van der Waals surface area contributed by atoms with E-state index in [1.54, 1.807) is 10.7 Å². The van der Waals surface area contributed by atoms with Crippen LogP contribution >= 0.6 is 23.2 Å². The summed E-state index contributed by atoms with van der Waals surface area (Å²) in [6.45, 7) is 8.72. The first-order chi connectivity index (χ1) is 8.95. The molecule has 0 aliphatic rings. The molecule has 0 radical (unpaired) electrons. The normalized spacial score (nSPS) is 10.8. The zero-order valence-electron chi connectivity index (χ0n) is 11.4. The molecule has 1 N–H and O–H groups in total. The summed E-state index contributed by atoms with van der Waals surface area (Å²) in [5, 5.41) is 8.57. The number of anilines is 1. The fraction of sp³-hybridized carbons (Fsp3) is 0.385. The summed E-state index contributed by atoms with van der Waals surface area (Å²) >= 11 is 12.3. The Morgan fingerprint density at radius 2 is 1.89 bits per heavy atom. The fourth-order valence-corrected chi connectivity index (χ4v) is 2.33. The third kappa shape index (κ3) is 2.55. The van der Waals surface area contributed by atoms with Gasteiger partial charge in [-0.05, 0) is 39.3 Å². The van der Waals surface area contributed by atoms with Gasteiger partial charge in [0.15, 0.2) is 5.82 Å². The van der Waals surface area contributed by atoms with Crippen molar-refractivity contribution in [1.82, 2.24) is 14.8 Å². The van der Waals surface area contributed by atoms with Gasteiger partial charge < -0.3 is 5.32 Å². The van der Waals surface area contributed by atoms with E-state index in [2.05, 4.69) is 15.4 Å². The van der Waals surface area contributed by atoms with Crippen molar-refractivity contribution in [3.8, 4) is 5.82 Å². The molecule has 0 amide bonds. The molecule has 0 aliphatic heterocycles. The topological polar surface area (TPSA) is 42.7 Å². The average molecular weight is 299 g/mol. The molecule has 0 aliphatic carbocycles. The van der Waals surface area contributed by atoms with Gasteiger partial charge in [0, 0.05) is 12.2 Å². The first-order valence-electron chi connectivity index (χ1n) is 6.08. The predicted molar refractivity (Wildman–Crippen MR) is 79.8 cm³/mol. The molecule has 0 spiro atoms. The summed E-state index contributed by atoms with van der Waals surface area (Å²) in [6, 6.07) is 1.69. The summed E-state index contributed by atoms with van der Waals surface area (Å²) in [5.74, 6) is 1.21. The second-order valence-corrected chi connectivity index (χ2v) is 5.18. The lowest BCUT2D eigenvalue weighted by molar-refractivity contribution is 0.806. The molecular weight excluding hydrogens is 283 g/mol. The quantitative estimate of drug-likeness (QED) is 0.933. The van der Waals surface area contributed by atoms with E-state index in [9.17, 15) is 0 Å². The van der Waals surface area contributed by atoms with Gasteiger partial charge in [0.05, 0.1) is 15.7 Å². The van der Waals surface area contributed by atoms with Gasteiger partial charge in [0.1, 0.15) is 5.82 Å². The van der Waals surface area contributed by atoms with Crippen LogP contribution in [0.25, 0.3) is 5.82 Å². The molecule has 102 valence electrons. The molecule has 2 aromatic rings. The molecule has 0 saturated heterocycles. The number of pyridine rings is 1. The van der Waals surface area contributed by atoms with Crippen LogP contribution in [0, 0.1) is 20.8 Å². The van der Waals surface area contributed by atoms with Gasteiger partial charge in [0.2, 0.25) is 0 Å². The minimum Gasteiger partial charge on any atom is -0.369 e. The van der Waals surface area contributed by atoms with Crippen LogP contribution in [-0.2, 0) is 0 Å². The Labute approximate surface area is 122 Å². The average Bonchev–Trinajstić information content (AvgIpc) is 2.61. The summed E-state index contributed by atoms with van der Waals surface area (Å²) < 4.78 is 1.75. The van der Waals surface area contributed by atoms with Crippen LogP contribution in [0.1, 0.15) is 23.9 Å². The molecule has 0 atom stereocenters. The molecule has 0 unspecified atom stereocenters. The molecule has 2 heterocycles.